The predicted octanol–water partition coefficient (Wildman–Crippen LogP) is 1.30. The second-order valence-corrected chi connectivity index (χ2v) is 6.19. The van der Waals surface area contributed by atoms with Gasteiger partial charge >= 0.3 is 0 Å². The summed E-state index contributed by atoms with van der Waals surface area (Å²) < 4.78 is 28.7. The summed E-state index contributed by atoms with van der Waals surface area (Å²) >= 11 is 0. The van der Waals surface area contributed by atoms with E-state index in [4.69, 9.17) is 11.1 Å². The molecule has 0 aliphatic rings. The van der Waals surface area contributed by atoms with Gasteiger partial charge in [0.2, 0.25) is 0 Å². The Morgan fingerprint density at radius 3 is 2.76 bits per heavy atom. The summed E-state index contributed by atoms with van der Waals surface area (Å²) in [6, 6.07) is 5.03. The van der Waals surface area contributed by atoms with Gasteiger partial charge in [-0.15, -0.1) is 0 Å². The molecule has 0 unspecified atom stereocenters. The van der Waals surface area contributed by atoms with Gasteiger partial charge in [0, 0.05) is 18.3 Å². The highest BCUT2D eigenvalue weighted by molar-refractivity contribution is 7.92. The number of amidine groups is 1. The van der Waals surface area contributed by atoms with E-state index in [0.717, 1.165) is 5.56 Å². The van der Waals surface area contributed by atoms with Crippen LogP contribution in [0.15, 0.2) is 35.7 Å². The Morgan fingerprint density at radius 1 is 1.48 bits per heavy atom. The molecule has 1 heterocycles. The third kappa shape index (κ3) is 3.05. The van der Waals surface area contributed by atoms with Crippen LogP contribution in [0.4, 0.5) is 5.69 Å². The first kappa shape index (κ1) is 15.0. The van der Waals surface area contributed by atoms with Crippen molar-refractivity contribution in [2.45, 2.75) is 25.4 Å². The number of hydrogen-bond acceptors (Lipinski definition) is 4. The van der Waals surface area contributed by atoms with E-state index in [1.165, 1.54) is 12.5 Å². The highest BCUT2D eigenvalue weighted by Gasteiger charge is 2.20. The molecule has 1 aromatic carbocycles. The van der Waals surface area contributed by atoms with E-state index in [-0.39, 0.29) is 16.5 Å². The van der Waals surface area contributed by atoms with Gasteiger partial charge in [-0.3, -0.25) is 10.1 Å². The third-order valence-electron chi connectivity index (χ3n) is 3.04. The van der Waals surface area contributed by atoms with E-state index < -0.39 is 10.0 Å². The van der Waals surface area contributed by atoms with Gasteiger partial charge in [-0.25, -0.2) is 4.98 Å². The Balaban J connectivity index is 2.42. The first-order chi connectivity index (χ1) is 9.85. The van der Waals surface area contributed by atoms with Crippen LogP contribution in [-0.4, -0.2) is 23.8 Å². The van der Waals surface area contributed by atoms with E-state index in [1.54, 1.807) is 29.7 Å². The second kappa shape index (κ2) is 5.57. The normalized spacial score (nSPS) is 11.3. The minimum absolute atomic E-state index is 0.0691. The number of nitrogens with two attached hydrogens (primary N) is 1. The van der Waals surface area contributed by atoms with Crippen molar-refractivity contribution < 1.29 is 8.42 Å². The molecule has 8 heteroatoms. The Kier molecular flexibility index (Phi) is 3.99. The van der Waals surface area contributed by atoms with Crippen LogP contribution in [0.1, 0.15) is 18.1 Å². The van der Waals surface area contributed by atoms with Crippen molar-refractivity contribution in [1.29, 1.82) is 5.41 Å². The van der Waals surface area contributed by atoms with Crippen LogP contribution < -0.4 is 10.5 Å². The molecule has 0 aliphatic carbocycles. The molecule has 7 nitrogen and oxygen atoms in total. The van der Waals surface area contributed by atoms with Crippen molar-refractivity contribution in [2.24, 2.45) is 5.73 Å². The summed E-state index contributed by atoms with van der Waals surface area (Å²) in [7, 11) is -3.81. The van der Waals surface area contributed by atoms with Crippen molar-refractivity contribution in [1.82, 2.24) is 9.55 Å². The molecule has 0 amide bonds. The Morgan fingerprint density at radius 2 is 2.19 bits per heavy atom. The minimum Gasteiger partial charge on any atom is -0.384 e. The van der Waals surface area contributed by atoms with Crippen LogP contribution in [0.25, 0.3) is 0 Å². The molecule has 2 rings (SSSR count). The van der Waals surface area contributed by atoms with Crippen molar-refractivity contribution in [2.75, 3.05) is 4.72 Å². The van der Waals surface area contributed by atoms with Gasteiger partial charge in [-0.1, -0.05) is 12.1 Å². The molecule has 0 atom stereocenters. The average molecular weight is 307 g/mol. The van der Waals surface area contributed by atoms with E-state index in [2.05, 4.69) is 9.71 Å². The second-order valence-electron chi connectivity index (χ2n) is 4.56. The fourth-order valence-corrected chi connectivity index (χ4v) is 2.98. The number of hydrogen-bond donors (Lipinski definition) is 3. The Hall–Kier alpha value is -2.35. The van der Waals surface area contributed by atoms with Crippen molar-refractivity contribution in [3.8, 4) is 0 Å². The number of nitrogens with one attached hydrogen (secondary N) is 2. The standard InChI is InChI=1S/C13H17N5O2S/c1-3-18-7-11(16-8-18)21(19,20)17-10-6-4-5-9(2)12(10)13(14)15/h4-8,17H,3H2,1-2H3,(H3,14,15). The number of aromatic nitrogens is 2. The topological polar surface area (TPSA) is 114 Å². The summed E-state index contributed by atoms with van der Waals surface area (Å²) in [6.07, 6.45) is 2.91. The summed E-state index contributed by atoms with van der Waals surface area (Å²) in [4.78, 5) is 3.88. The fourth-order valence-electron chi connectivity index (χ4n) is 1.96. The molecule has 0 aliphatic heterocycles. The number of benzene rings is 1. The molecular weight excluding hydrogens is 290 g/mol. The van der Waals surface area contributed by atoms with Gasteiger partial charge in [-0.05, 0) is 25.5 Å². The smallest absolute Gasteiger partial charge is 0.280 e. The molecule has 1 aromatic heterocycles. The number of nitrogens with zero attached hydrogens (tertiary/aromatic N) is 2. The number of rotatable bonds is 5. The van der Waals surface area contributed by atoms with E-state index in [0.29, 0.717) is 12.1 Å². The van der Waals surface area contributed by atoms with Gasteiger partial charge in [0.15, 0.2) is 5.03 Å². The molecule has 4 N–H and O–H groups in total. The summed E-state index contributed by atoms with van der Waals surface area (Å²) in [6.45, 7) is 4.28. The molecule has 112 valence electrons. The zero-order chi connectivity index (χ0) is 15.6. The Labute approximate surface area is 123 Å². The number of anilines is 1. The maximum Gasteiger partial charge on any atom is 0.280 e. The molecule has 2 aromatic rings. The van der Waals surface area contributed by atoms with Gasteiger partial charge in [0.05, 0.1) is 12.0 Å². The lowest BCUT2D eigenvalue weighted by Gasteiger charge is -2.12. The largest absolute Gasteiger partial charge is 0.384 e. The molecule has 21 heavy (non-hydrogen) atoms. The summed E-state index contributed by atoms with van der Waals surface area (Å²) in [5.74, 6) is -0.190. The lowest BCUT2D eigenvalue weighted by Crippen LogP contribution is -2.20. The van der Waals surface area contributed by atoms with Gasteiger partial charge < -0.3 is 10.3 Å². The highest BCUT2D eigenvalue weighted by Crippen LogP contribution is 2.22. The number of sulfonamides is 1. The molecule has 0 fully saturated rings. The molecule has 0 saturated heterocycles. The van der Waals surface area contributed by atoms with Crippen molar-refractivity contribution >= 4 is 21.5 Å². The number of aryl methyl sites for hydroxylation is 2. The maximum atomic E-state index is 12.3. The van der Waals surface area contributed by atoms with Crippen LogP contribution in [0.3, 0.4) is 0 Å². The third-order valence-corrected chi connectivity index (χ3v) is 4.29. The monoisotopic (exact) mass is 307 g/mol. The number of nitrogen functional groups attached to an aromatic ring is 1. The average Bonchev–Trinajstić information content (AvgIpc) is 2.87. The lowest BCUT2D eigenvalue weighted by atomic mass is 10.1. The zero-order valence-corrected chi connectivity index (χ0v) is 12.6. The fraction of sp³-hybridized carbons (Fsp3) is 0.231. The SMILES string of the molecule is CCn1cnc(S(=O)(=O)Nc2cccc(C)c2C(=N)N)c1. The van der Waals surface area contributed by atoms with Crippen LogP contribution in [0, 0.1) is 12.3 Å². The Bertz CT molecular complexity index is 780. The van der Waals surface area contributed by atoms with E-state index >= 15 is 0 Å². The van der Waals surface area contributed by atoms with Gasteiger partial charge in [0.25, 0.3) is 10.0 Å². The van der Waals surface area contributed by atoms with Gasteiger partial charge in [-0.2, -0.15) is 8.42 Å². The van der Waals surface area contributed by atoms with E-state index in [1.807, 2.05) is 6.92 Å². The lowest BCUT2D eigenvalue weighted by molar-refractivity contribution is 0.598. The minimum atomic E-state index is -3.81. The van der Waals surface area contributed by atoms with Crippen molar-refractivity contribution in [3.63, 3.8) is 0 Å². The highest BCUT2D eigenvalue weighted by atomic mass is 32.2. The van der Waals surface area contributed by atoms with Crippen LogP contribution in [-0.2, 0) is 16.6 Å². The molecular formula is C13H17N5O2S. The predicted molar refractivity (Wildman–Crippen MR) is 80.9 cm³/mol. The van der Waals surface area contributed by atoms with E-state index in [9.17, 15) is 8.42 Å². The first-order valence-electron chi connectivity index (χ1n) is 6.33. The maximum absolute atomic E-state index is 12.3. The number of imidazole rings is 1. The quantitative estimate of drug-likeness (QED) is 0.570. The molecule has 0 radical (unpaired) electrons. The molecule has 0 saturated carbocycles. The van der Waals surface area contributed by atoms with Crippen LogP contribution in [0.2, 0.25) is 0 Å². The summed E-state index contributed by atoms with van der Waals surface area (Å²) in [5, 5.41) is 7.52. The zero-order valence-electron chi connectivity index (χ0n) is 11.8. The van der Waals surface area contributed by atoms with Crippen LogP contribution >= 0.6 is 0 Å². The first-order valence-corrected chi connectivity index (χ1v) is 7.82. The summed E-state index contributed by atoms with van der Waals surface area (Å²) in [5.41, 5.74) is 6.89. The van der Waals surface area contributed by atoms with Crippen LogP contribution in [0.5, 0.6) is 0 Å². The van der Waals surface area contributed by atoms with Crippen molar-refractivity contribution in [3.05, 3.63) is 41.9 Å². The molecule has 0 spiro atoms. The molecule has 0 bridgehead atoms. The van der Waals surface area contributed by atoms with Gasteiger partial charge in [0.1, 0.15) is 5.84 Å².